The summed E-state index contributed by atoms with van der Waals surface area (Å²) in [5.41, 5.74) is 5.55. The minimum Gasteiger partial charge on any atom is -0.316 e. The van der Waals surface area contributed by atoms with Crippen molar-refractivity contribution in [3.63, 3.8) is 0 Å². The van der Waals surface area contributed by atoms with E-state index in [1.807, 2.05) is 0 Å². The highest BCUT2D eigenvalue weighted by Crippen LogP contribution is 2.04. The Morgan fingerprint density at radius 2 is 2.07 bits per heavy atom. The lowest BCUT2D eigenvalue weighted by Crippen LogP contribution is -2.32. The highest BCUT2D eigenvalue weighted by Gasteiger charge is 2.08. The standard InChI is InChI=1S/C11H23N3/c1-4-10(3)9-14(5-2)7-6-11(13)8-12/h10-11H,4-7,9,13H2,1-3H3. The molecule has 14 heavy (non-hydrogen) atoms. The van der Waals surface area contributed by atoms with Gasteiger partial charge in [-0.15, -0.1) is 0 Å². The SMILES string of the molecule is CCC(C)CN(CC)CCC(N)C#N. The van der Waals surface area contributed by atoms with Crippen LogP contribution in [0.15, 0.2) is 0 Å². The van der Waals surface area contributed by atoms with Crippen molar-refractivity contribution >= 4 is 0 Å². The maximum absolute atomic E-state index is 8.55. The van der Waals surface area contributed by atoms with Crippen LogP contribution in [0.4, 0.5) is 0 Å². The van der Waals surface area contributed by atoms with Crippen LogP contribution in [0.25, 0.3) is 0 Å². The van der Waals surface area contributed by atoms with Gasteiger partial charge in [0, 0.05) is 13.1 Å². The Hall–Kier alpha value is -0.590. The number of nitrogens with zero attached hydrogens (tertiary/aromatic N) is 2. The lowest BCUT2D eigenvalue weighted by atomic mass is 10.1. The second-order valence-electron chi connectivity index (χ2n) is 3.93. The van der Waals surface area contributed by atoms with E-state index in [2.05, 4.69) is 31.7 Å². The summed E-state index contributed by atoms with van der Waals surface area (Å²) in [6, 6.07) is 1.76. The highest BCUT2D eigenvalue weighted by atomic mass is 15.1. The number of hydrogen-bond acceptors (Lipinski definition) is 3. The summed E-state index contributed by atoms with van der Waals surface area (Å²) in [4.78, 5) is 2.37. The Morgan fingerprint density at radius 3 is 2.50 bits per heavy atom. The molecule has 0 heterocycles. The first kappa shape index (κ1) is 13.4. The summed E-state index contributed by atoms with van der Waals surface area (Å²) in [5.74, 6) is 0.730. The van der Waals surface area contributed by atoms with E-state index in [0.717, 1.165) is 32.0 Å². The quantitative estimate of drug-likeness (QED) is 0.674. The van der Waals surface area contributed by atoms with Crippen molar-refractivity contribution in [2.24, 2.45) is 11.7 Å². The normalized spacial score (nSPS) is 15.1. The molecule has 0 aliphatic heterocycles. The molecule has 2 N–H and O–H groups in total. The molecule has 3 heteroatoms. The second kappa shape index (κ2) is 7.78. The molecule has 0 spiro atoms. The highest BCUT2D eigenvalue weighted by molar-refractivity contribution is 4.86. The third kappa shape index (κ3) is 5.95. The molecular weight excluding hydrogens is 174 g/mol. The van der Waals surface area contributed by atoms with Crippen LogP contribution in [-0.4, -0.2) is 30.6 Å². The molecule has 0 rings (SSSR count). The van der Waals surface area contributed by atoms with Crippen molar-refractivity contribution in [3.05, 3.63) is 0 Å². The average Bonchev–Trinajstić information content (AvgIpc) is 2.22. The zero-order chi connectivity index (χ0) is 11.0. The number of nitrogens with two attached hydrogens (primary N) is 1. The van der Waals surface area contributed by atoms with E-state index < -0.39 is 0 Å². The Kier molecular flexibility index (Phi) is 7.45. The summed E-state index contributed by atoms with van der Waals surface area (Å²) in [6.07, 6.45) is 1.99. The van der Waals surface area contributed by atoms with Crippen molar-refractivity contribution in [3.8, 4) is 6.07 Å². The van der Waals surface area contributed by atoms with Gasteiger partial charge in [-0.1, -0.05) is 27.2 Å². The molecule has 0 aromatic rings. The number of nitriles is 1. The molecule has 0 amide bonds. The first-order valence-corrected chi connectivity index (χ1v) is 5.51. The maximum Gasteiger partial charge on any atom is 0.0940 e. The Morgan fingerprint density at radius 1 is 1.43 bits per heavy atom. The molecule has 3 nitrogen and oxygen atoms in total. The Bertz CT molecular complexity index is 174. The molecular formula is C11H23N3. The third-order valence-corrected chi connectivity index (χ3v) is 2.64. The van der Waals surface area contributed by atoms with Crippen LogP contribution in [0.1, 0.15) is 33.6 Å². The summed E-state index contributed by atoms with van der Waals surface area (Å²) in [5, 5.41) is 8.55. The van der Waals surface area contributed by atoms with Gasteiger partial charge in [-0.2, -0.15) is 5.26 Å². The fraction of sp³-hybridized carbons (Fsp3) is 0.909. The van der Waals surface area contributed by atoms with Crippen molar-refractivity contribution < 1.29 is 0 Å². The molecule has 0 radical (unpaired) electrons. The first-order valence-electron chi connectivity index (χ1n) is 5.51. The van der Waals surface area contributed by atoms with E-state index in [1.54, 1.807) is 0 Å². The minimum absolute atomic E-state index is 0.305. The third-order valence-electron chi connectivity index (χ3n) is 2.64. The maximum atomic E-state index is 8.55. The van der Waals surface area contributed by atoms with E-state index in [0.29, 0.717) is 0 Å². The van der Waals surface area contributed by atoms with Gasteiger partial charge in [-0.05, 0) is 18.9 Å². The van der Waals surface area contributed by atoms with Gasteiger partial charge in [0.25, 0.3) is 0 Å². The van der Waals surface area contributed by atoms with Crippen LogP contribution in [0.5, 0.6) is 0 Å². The van der Waals surface area contributed by atoms with Gasteiger partial charge in [-0.25, -0.2) is 0 Å². The number of rotatable bonds is 7. The fourth-order valence-corrected chi connectivity index (χ4v) is 1.33. The monoisotopic (exact) mass is 197 g/mol. The summed E-state index contributed by atoms with van der Waals surface area (Å²) in [7, 11) is 0. The summed E-state index contributed by atoms with van der Waals surface area (Å²) >= 11 is 0. The van der Waals surface area contributed by atoms with Crippen LogP contribution in [0, 0.1) is 17.2 Å². The Labute approximate surface area is 87.9 Å². The molecule has 0 aromatic carbocycles. The number of hydrogen-bond donors (Lipinski definition) is 1. The van der Waals surface area contributed by atoms with Crippen LogP contribution >= 0.6 is 0 Å². The minimum atomic E-state index is -0.305. The van der Waals surface area contributed by atoms with E-state index >= 15 is 0 Å². The lowest BCUT2D eigenvalue weighted by Gasteiger charge is -2.23. The largest absolute Gasteiger partial charge is 0.316 e. The van der Waals surface area contributed by atoms with Gasteiger partial charge >= 0.3 is 0 Å². The van der Waals surface area contributed by atoms with E-state index in [1.165, 1.54) is 6.42 Å². The average molecular weight is 197 g/mol. The van der Waals surface area contributed by atoms with Crippen LogP contribution in [0.3, 0.4) is 0 Å². The van der Waals surface area contributed by atoms with Crippen LogP contribution in [0.2, 0.25) is 0 Å². The summed E-state index contributed by atoms with van der Waals surface area (Å²) < 4.78 is 0. The predicted molar refractivity (Wildman–Crippen MR) is 59.8 cm³/mol. The van der Waals surface area contributed by atoms with E-state index in [9.17, 15) is 0 Å². The second-order valence-corrected chi connectivity index (χ2v) is 3.93. The summed E-state index contributed by atoms with van der Waals surface area (Å²) in [6.45, 7) is 9.72. The molecule has 0 aromatic heterocycles. The van der Waals surface area contributed by atoms with Gasteiger partial charge < -0.3 is 10.6 Å². The van der Waals surface area contributed by atoms with Crippen molar-refractivity contribution in [2.45, 2.75) is 39.7 Å². The van der Waals surface area contributed by atoms with Crippen molar-refractivity contribution in [2.75, 3.05) is 19.6 Å². The zero-order valence-corrected chi connectivity index (χ0v) is 9.66. The molecule has 0 saturated carbocycles. The molecule has 0 fully saturated rings. The molecule has 0 aliphatic carbocycles. The van der Waals surface area contributed by atoms with Crippen molar-refractivity contribution in [1.82, 2.24) is 4.90 Å². The van der Waals surface area contributed by atoms with E-state index in [-0.39, 0.29) is 6.04 Å². The molecule has 0 aliphatic rings. The Balaban J connectivity index is 3.74. The topological polar surface area (TPSA) is 53.0 Å². The van der Waals surface area contributed by atoms with Gasteiger partial charge in [0.05, 0.1) is 12.1 Å². The zero-order valence-electron chi connectivity index (χ0n) is 9.66. The van der Waals surface area contributed by atoms with Crippen LogP contribution in [-0.2, 0) is 0 Å². The molecule has 0 bridgehead atoms. The van der Waals surface area contributed by atoms with Gasteiger partial charge in [0.15, 0.2) is 0 Å². The molecule has 0 saturated heterocycles. The fourth-order valence-electron chi connectivity index (χ4n) is 1.33. The van der Waals surface area contributed by atoms with E-state index in [4.69, 9.17) is 11.0 Å². The van der Waals surface area contributed by atoms with Gasteiger partial charge in [0.1, 0.15) is 0 Å². The molecule has 82 valence electrons. The van der Waals surface area contributed by atoms with Gasteiger partial charge in [0.2, 0.25) is 0 Å². The lowest BCUT2D eigenvalue weighted by molar-refractivity contribution is 0.241. The van der Waals surface area contributed by atoms with Crippen molar-refractivity contribution in [1.29, 1.82) is 5.26 Å². The van der Waals surface area contributed by atoms with Crippen LogP contribution < -0.4 is 5.73 Å². The molecule has 2 atom stereocenters. The predicted octanol–water partition coefficient (Wildman–Crippen LogP) is 1.60. The smallest absolute Gasteiger partial charge is 0.0940 e. The first-order chi connectivity index (χ1) is 6.63. The molecule has 2 unspecified atom stereocenters. The van der Waals surface area contributed by atoms with Gasteiger partial charge in [-0.3, -0.25) is 0 Å².